The number of hydrogen-bond donors (Lipinski definition) is 1. The normalized spacial score (nSPS) is 10.2. The third-order valence-corrected chi connectivity index (χ3v) is 4.12. The van der Waals surface area contributed by atoms with Gasteiger partial charge in [-0.15, -0.1) is 11.3 Å². The average molecular weight is 353 g/mol. The smallest absolute Gasteiger partial charge is 0.275 e. The molecule has 2 aromatic heterocycles. The fourth-order valence-corrected chi connectivity index (χ4v) is 2.86. The van der Waals surface area contributed by atoms with E-state index >= 15 is 0 Å². The number of nitrogens with one attached hydrogen (secondary N) is 1. The van der Waals surface area contributed by atoms with Gasteiger partial charge in [-0.05, 0) is 30.7 Å². The number of amides is 1. The highest BCUT2D eigenvalue weighted by molar-refractivity contribution is 7.13. The number of nitrogens with zero attached hydrogens (tertiary/aromatic N) is 2. The molecule has 6 nitrogen and oxygen atoms in total. The molecule has 25 heavy (non-hydrogen) atoms. The molecule has 0 radical (unpaired) electrons. The number of aromatic nitrogens is 1. The highest BCUT2D eigenvalue weighted by Crippen LogP contribution is 2.25. The van der Waals surface area contributed by atoms with Gasteiger partial charge in [0.1, 0.15) is 11.4 Å². The van der Waals surface area contributed by atoms with Crippen molar-refractivity contribution in [1.82, 2.24) is 4.98 Å². The lowest BCUT2D eigenvalue weighted by Crippen LogP contribution is -2.12. The number of hydrogen-bond acceptors (Lipinski definition) is 6. The summed E-state index contributed by atoms with van der Waals surface area (Å²) in [6.45, 7) is 0.462. The van der Waals surface area contributed by atoms with Crippen LogP contribution in [0.15, 0.2) is 52.5 Å². The van der Waals surface area contributed by atoms with Crippen molar-refractivity contribution < 1.29 is 13.9 Å². The maximum atomic E-state index is 12.3. The summed E-state index contributed by atoms with van der Waals surface area (Å²) >= 11 is 1.35. The summed E-state index contributed by atoms with van der Waals surface area (Å²) in [5.41, 5.74) is 0.951. The van der Waals surface area contributed by atoms with Gasteiger partial charge in [-0.25, -0.2) is 4.98 Å². The summed E-state index contributed by atoms with van der Waals surface area (Å²) in [4.78, 5) is 16.6. The Morgan fingerprint density at radius 2 is 2.28 bits per heavy atom. The second kappa shape index (κ2) is 8.13. The SMILES string of the molecule is N#CCCCOc1cccc(NC(=O)c2csc(-c3ccco3)n2)c1. The number of rotatable bonds is 7. The average Bonchev–Trinajstić information content (AvgIpc) is 3.30. The van der Waals surface area contributed by atoms with Crippen LogP contribution in [0.2, 0.25) is 0 Å². The number of nitriles is 1. The van der Waals surface area contributed by atoms with Gasteiger partial charge in [-0.1, -0.05) is 6.07 Å². The summed E-state index contributed by atoms with van der Waals surface area (Å²) in [5.74, 6) is 0.984. The zero-order valence-electron chi connectivity index (χ0n) is 13.3. The van der Waals surface area contributed by atoms with E-state index in [0.29, 0.717) is 47.3 Å². The second-order valence-electron chi connectivity index (χ2n) is 5.11. The van der Waals surface area contributed by atoms with Gasteiger partial charge in [0, 0.05) is 23.6 Å². The van der Waals surface area contributed by atoms with E-state index in [2.05, 4.69) is 16.4 Å². The molecule has 1 amide bonds. The van der Waals surface area contributed by atoms with Crippen LogP contribution in [-0.2, 0) is 0 Å². The van der Waals surface area contributed by atoms with Gasteiger partial charge in [0.05, 0.1) is 18.9 Å². The van der Waals surface area contributed by atoms with E-state index in [4.69, 9.17) is 14.4 Å². The second-order valence-corrected chi connectivity index (χ2v) is 5.97. The van der Waals surface area contributed by atoms with E-state index in [1.54, 1.807) is 48.0 Å². The maximum absolute atomic E-state index is 12.3. The fourth-order valence-electron chi connectivity index (χ4n) is 2.09. The van der Waals surface area contributed by atoms with Gasteiger partial charge in [0.15, 0.2) is 10.8 Å². The summed E-state index contributed by atoms with van der Waals surface area (Å²) in [6.07, 6.45) is 2.69. The van der Waals surface area contributed by atoms with Crippen molar-refractivity contribution >= 4 is 22.9 Å². The number of anilines is 1. The molecule has 0 unspecified atom stereocenters. The summed E-state index contributed by atoms with van der Waals surface area (Å²) < 4.78 is 10.8. The standard InChI is InChI=1S/C18H15N3O3S/c19-8-1-2-9-23-14-6-3-5-13(11-14)20-17(22)15-12-25-18(21-15)16-7-4-10-24-16/h3-7,10-12H,1-2,9H2,(H,20,22). The summed E-state index contributed by atoms with van der Waals surface area (Å²) in [5, 5.41) is 13.7. The van der Waals surface area contributed by atoms with Crippen LogP contribution in [0, 0.1) is 11.3 Å². The van der Waals surface area contributed by atoms with Crippen LogP contribution in [-0.4, -0.2) is 17.5 Å². The molecule has 126 valence electrons. The van der Waals surface area contributed by atoms with Crippen molar-refractivity contribution in [2.24, 2.45) is 0 Å². The van der Waals surface area contributed by atoms with Crippen LogP contribution in [0.3, 0.4) is 0 Å². The Bertz CT molecular complexity index is 881. The van der Waals surface area contributed by atoms with Crippen LogP contribution < -0.4 is 10.1 Å². The van der Waals surface area contributed by atoms with Gasteiger partial charge >= 0.3 is 0 Å². The van der Waals surface area contributed by atoms with Crippen LogP contribution in [0.1, 0.15) is 23.3 Å². The Morgan fingerprint density at radius 1 is 1.36 bits per heavy atom. The Balaban J connectivity index is 1.62. The number of benzene rings is 1. The molecule has 1 aromatic carbocycles. The molecule has 1 N–H and O–H groups in total. The molecule has 0 aliphatic heterocycles. The third-order valence-electron chi connectivity index (χ3n) is 3.26. The van der Waals surface area contributed by atoms with E-state index in [0.717, 1.165) is 0 Å². The molecule has 0 aliphatic carbocycles. The topological polar surface area (TPSA) is 88.1 Å². The Kier molecular flexibility index (Phi) is 5.44. The molecule has 0 fully saturated rings. The van der Waals surface area contributed by atoms with Gasteiger partial charge in [0.2, 0.25) is 0 Å². The molecule has 3 rings (SSSR count). The minimum Gasteiger partial charge on any atom is -0.493 e. The Labute approximate surface area is 148 Å². The van der Waals surface area contributed by atoms with Crippen LogP contribution in [0.4, 0.5) is 5.69 Å². The predicted molar refractivity (Wildman–Crippen MR) is 94.6 cm³/mol. The zero-order valence-corrected chi connectivity index (χ0v) is 14.1. The van der Waals surface area contributed by atoms with Crippen molar-refractivity contribution in [3.63, 3.8) is 0 Å². The van der Waals surface area contributed by atoms with Gasteiger partial charge in [-0.3, -0.25) is 4.79 Å². The molecular weight excluding hydrogens is 338 g/mol. The third kappa shape index (κ3) is 4.46. The Morgan fingerprint density at radius 3 is 3.08 bits per heavy atom. The van der Waals surface area contributed by atoms with Crippen molar-refractivity contribution in [3.05, 3.63) is 53.7 Å². The molecule has 0 spiro atoms. The summed E-state index contributed by atoms with van der Waals surface area (Å²) in [6, 6.07) is 12.8. The molecule has 3 aromatic rings. The summed E-state index contributed by atoms with van der Waals surface area (Å²) in [7, 11) is 0. The van der Waals surface area contributed by atoms with E-state index in [-0.39, 0.29) is 5.91 Å². The predicted octanol–water partition coefficient (Wildman–Crippen LogP) is 4.34. The Hall–Kier alpha value is -3.11. The molecule has 0 atom stereocenters. The van der Waals surface area contributed by atoms with Crippen LogP contribution >= 0.6 is 11.3 Å². The van der Waals surface area contributed by atoms with Crippen molar-refractivity contribution in [2.75, 3.05) is 11.9 Å². The molecule has 0 bridgehead atoms. The largest absolute Gasteiger partial charge is 0.493 e. The fraction of sp³-hybridized carbons (Fsp3) is 0.167. The van der Waals surface area contributed by atoms with Gasteiger partial charge in [-0.2, -0.15) is 5.26 Å². The van der Waals surface area contributed by atoms with Gasteiger partial charge in [0.25, 0.3) is 5.91 Å². The molecule has 2 heterocycles. The van der Waals surface area contributed by atoms with Crippen LogP contribution in [0.25, 0.3) is 10.8 Å². The monoisotopic (exact) mass is 353 g/mol. The number of ether oxygens (including phenoxy) is 1. The molecule has 0 saturated carbocycles. The van der Waals surface area contributed by atoms with E-state index in [9.17, 15) is 4.79 Å². The number of unbranched alkanes of at least 4 members (excludes halogenated alkanes) is 1. The highest BCUT2D eigenvalue weighted by Gasteiger charge is 2.13. The van der Waals surface area contributed by atoms with E-state index < -0.39 is 0 Å². The number of carbonyl (C=O) groups is 1. The number of thiazole rings is 1. The molecule has 0 saturated heterocycles. The molecule has 0 aliphatic rings. The van der Waals surface area contributed by atoms with Crippen LogP contribution in [0.5, 0.6) is 5.75 Å². The highest BCUT2D eigenvalue weighted by atomic mass is 32.1. The number of carbonyl (C=O) groups excluding carboxylic acids is 1. The maximum Gasteiger partial charge on any atom is 0.275 e. The first-order chi connectivity index (χ1) is 12.3. The van der Waals surface area contributed by atoms with Crippen molar-refractivity contribution in [2.45, 2.75) is 12.8 Å². The zero-order chi connectivity index (χ0) is 17.5. The lowest BCUT2D eigenvalue weighted by atomic mass is 10.3. The minimum atomic E-state index is -0.296. The number of furan rings is 1. The van der Waals surface area contributed by atoms with E-state index in [1.165, 1.54) is 11.3 Å². The first-order valence-electron chi connectivity index (χ1n) is 7.67. The van der Waals surface area contributed by atoms with E-state index in [1.807, 2.05) is 0 Å². The molecular formula is C18H15N3O3S. The molecule has 7 heteroatoms. The van der Waals surface area contributed by atoms with Crippen molar-refractivity contribution in [1.29, 1.82) is 5.26 Å². The quantitative estimate of drug-likeness (QED) is 0.638. The lowest BCUT2D eigenvalue weighted by molar-refractivity contribution is 0.102. The first kappa shape index (κ1) is 16.7. The minimum absolute atomic E-state index is 0.296. The van der Waals surface area contributed by atoms with Crippen molar-refractivity contribution in [3.8, 4) is 22.6 Å². The van der Waals surface area contributed by atoms with Gasteiger partial charge < -0.3 is 14.5 Å². The lowest BCUT2D eigenvalue weighted by Gasteiger charge is -2.08. The first-order valence-corrected chi connectivity index (χ1v) is 8.55.